The van der Waals surface area contributed by atoms with E-state index >= 15 is 0 Å². The molecule has 0 aromatic rings. The highest BCUT2D eigenvalue weighted by Gasteiger charge is 2.29. The minimum atomic E-state index is -0.403. The summed E-state index contributed by atoms with van der Waals surface area (Å²) in [5.41, 5.74) is 5.92. The minimum absolute atomic E-state index is 0.0163. The molecule has 0 aromatic carbocycles. The Balaban J connectivity index is 2.31. The van der Waals surface area contributed by atoms with Gasteiger partial charge < -0.3 is 21.1 Å². The second kappa shape index (κ2) is 9.73. The van der Waals surface area contributed by atoms with Gasteiger partial charge in [-0.2, -0.15) is 0 Å². The second-order valence-electron chi connectivity index (χ2n) is 5.72. The number of aliphatic hydroxyl groups excluding tert-OH is 1. The Bertz CT molecular complexity index is 328. The lowest BCUT2D eigenvalue weighted by Gasteiger charge is -2.33. The van der Waals surface area contributed by atoms with Crippen LogP contribution in [0.25, 0.3) is 0 Å². The zero-order valence-electron chi connectivity index (χ0n) is 13.0. The normalized spacial score (nSPS) is 17.6. The number of likely N-dealkylation sites (tertiary alicyclic amines) is 1. The number of hydrogen-bond donors (Lipinski definition) is 3. The zero-order valence-corrected chi connectivity index (χ0v) is 13.0. The van der Waals surface area contributed by atoms with Crippen LogP contribution in [0.4, 0.5) is 0 Å². The van der Waals surface area contributed by atoms with Gasteiger partial charge in [-0.25, -0.2) is 0 Å². The number of piperidine rings is 1. The minimum Gasteiger partial charge on any atom is -0.396 e. The summed E-state index contributed by atoms with van der Waals surface area (Å²) in [6.45, 7) is 3.89. The Kier molecular flexibility index (Phi) is 8.30. The Morgan fingerprint density at radius 2 is 2.00 bits per heavy atom. The van der Waals surface area contributed by atoms with Gasteiger partial charge >= 0.3 is 0 Å². The number of carbonyl (C=O) groups is 2. The van der Waals surface area contributed by atoms with Crippen LogP contribution < -0.4 is 11.1 Å². The van der Waals surface area contributed by atoms with E-state index in [-0.39, 0.29) is 24.3 Å². The molecule has 0 bridgehead atoms. The van der Waals surface area contributed by atoms with Gasteiger partial charge in [0.05, 0.1) is 6.04 Å². The molecule has 0 spiro atoms. The van der Waals surface area contributed by atoms with Crippen LogP contribution in [0.15, 0.2) is 0 Å². The molecule has 1 aliphatic heterocycles. The third-order valence-electron chi connectivity index (χ3n) is 4.00. The Morgan fingerprint density at radius 1 is 1.33 bits per heavy atom. The number of nitrogens with two attached hydrogens (primary N) is 1. The average molecular weight is 299 g/mol. The Hall–Kier alpha value is -1.14. The van der Waals surface area contributed by atoms with E-state index in [1.165, 1.54) is 0 Å². The molecule has 0 aliphatic carbocycles. The van der Waals surface area contributed by atoms with Gasteiger partial charge in [-0.3, -0.25) is 9.59 Å². The van der Waals surface area contributed by atoms with Gasteiger partial charge in [-0.1, -0.05) is 19.8 Å². The summed E-state index contributed by atoms with van der Waals surface area (Å²) in [5, 5.41) is 11.5. The van der Waals surface area contributed by atoms with Crippen molar-refractivity contribution in [2.24, 2.45) is 11.7 Å². The SMILES string of the molecule is CCCC[C@H](N)C(=O)N1CCC(C(=O)NCCCO)CC1. The first-order chi connectivity index (χ1) is 10.1. The lowest BCUT2D eigenvalue weighted by Crippen LogP contribution is -2.49. The number of nitrogens with one attached hydrogen (secondary N) is 1. The fourth-order valence-electron chi connectivity index (χ4n) is 2.58. The van der Waals surface area contributed by atoms with Crippen molar-refractivity contribution in [1.82, 2.24) is 10.2 Å². The fourth-order valence-corrected chi connectivity index (χ4v) is 2.58. The van der Waals surface area contributed by atoms with E-state index in [2.05, 4.69) is 12.2 Å². The molecule has 2 amide bonds. The van der Waals surface area contributed by atoms with E-state index < -0.39 is 6.04 Å². The molecule has 6 heteroatoms. The summed E-state index contributed by atoms with van der Waals surface area (Å²) >= 11 is 0. The molecule has 1 fully saturated rings. The van der Waals surface area contributed by atoms with Crippen molar-refractivity contribution in [2.45, 2.75) is 51.5 Å². The van der Waals surface area contributed by atoms with E-state index in [1.807, 2.05) is 0 Å². The standard InChI is InChI=1S/C15H29N3O3/c1-2-3-5-13(16)15(21)18-9-6-12(7-10-18)14(20)17-8-4-11-19/h12-13,19H,2-11,16H2,1H3,(H,17,20)/t13-/m0/s1. The number of unbranched alkanes of at least 4 members (excludes halogenated alkanes) is 1. The van der Waals surface area contributed by atoms with Crippen LogP contribution in [0.2, 0.25) is 0 Å². The molecule has 1 aliphatic rings. The lowest BCUT2D eigenvalue weighted by molar-refractivity contribution is -0.136. The maximum absolute atomic E-state index is 12.2. The molecule has 6 nitrogen and oxygen atoms in total. The van der Waals surface area contributed by atoms with Crippen molar-refractivity contribution >= 4 is 11.8 Å². The highest BCUT2D eigenvalue weighted by molar-refractivity contribution is 5.82. The van der Waals surface area contributed by atoms with E-state index in [1.54, 1.807) is 4.90 Å². The second-order valence-corrected chi connectivity index (χ2v) is 5.72. The van der Waals surface area contributed by atoms with Crippen LogP contribution in [0.5, 0.6) is 0 Å². The van der Waals surface area contributed by atoms with Crippen molar-refractivity contribution in [3.8, 4) is 0 Å². The maximum atomic E-state index is 12.2. The number of nitrogens with zero attached hydrogens (tertiary/aromatic N) is 1. The Morgan fingerprint density at radius 3 is 2.57 bits per heavy atom. The van der Waals surface area contributed by atoms with E-state index in [9.17, 15) is 9.59 Å². The quantitative estimate of drug-likeness (QED) is 0.560. The summed E-state index contributed by atoms with van der Waals surface area (Å²) < 4.78 is 0. The number of hydrogen-bond acceptors (Lipinski definition) is 4. The molecular weight excluding hydrogens is 270 g/mol. The van der Waals surface area contributed by atoms with Gasteiger partial charge in [0, 0.05) is 32.2 Å². The van der Waals surface area contributed by atoms with Crippen molar-refractivity contribution in [1.29, 1.82) is 0 Å². The van der Waals surface area contributed by atoms with Crippen molar-refractivity contribution < 1.29 is 14.7 Å². The van der Waals surface area contributed by atoms with E-state index in [0.717, 1.165) is 19.3 Å². The average Bonchev–Trinajstić information content (AvgIpc) is 2.52. The highest BCUT2D eigenvalue weighted by Crippen LogP contribution is 2.18. The largest absolute Gasteiger partial charge is 0.396 e. The molecule has 1 heterocycles. The van der Waals surface area contributed by atoms with Gasteiger partial charge in [0.25, 0.3) is 0 Å². The first kappa shape index (κ1) is 17.9. The lowest BCUT2D eigenvalue weighted by atomic mass is 9.95. The van der Waals surface area contributed by atoms with Crippen LogP contribution >= 0.6 is 0 Å². The molecule has 1 saturated heterocycles. The molecule has 0 radical (unpaired) electrons. The first-order valence-corrected chi connectivity index (χ1v) is 8.03. The maximum Gasteiger partial charge on any atom is 0.239 e. The van der Waals surface area contributed by atoms with Crippen molar-refractivity contribution in [2.75, 3.05) is 26.2 Å². The van der Waals surface area contributed by atoms with Gasteiger partial charge in [0.1, 0.15) is 0 Å². The molecule has 122 valence electrons. The number of carbonyl (C=O) groups excluding carboxylic acids is 2. The molecule has 0 saturated carbocycles. The van der Waals surface area contributed by atoms with Crippen LogP contribution in [-0.4, -0.2) is 54.1 Å². The predicted molar refractivity (Wildman–Crippen MR) is 81.5 cm³/mol. The van der Waals surface area contributed by atoms with Crippen LogP contribution in [-0.2, 0) is 9.59 Å². The summed E-state index contributed by atoms with van der Waals surface area (Å²) in [6, 6.07) is -0.403. The van der Waals surface area contributed by atoms with Crippen LogP contribution in [0.3, 0.4) is 0 Å². The topological polar surface area (TPSA) is 95.7 Å². The smallest absolute Gasteiger partial charge is 0.239 e. The molecule has 4 N–H and O–H groups in total. The van der Waals surface area contributed by atoms with Gasteiger partial charge in [0.2, 0.25) is 11.8 Å². The van der Waals surface area contributed by atoms with Crippen molar-refractivity contribution in [3.05, 3.63) is 0 Å². The summed E-state index contributed by atoms with van der Waals surface area (Å²) in [5.74, 6) is 0.0213. The number of amides is 2. The third kappa shape index (κ3) is 6.01. The molecule has 1 atom stereocenters. The van der Waals surface area contributed by atoms with Crippen LogP contribution in [0.1, 0.15) is 45.4 Å². The van der Waals surface area contributed by atoms with E-state index in [4.69, 9.17) is 10.8 Å². The number of rotatable bonds is 8. The van der Waals surface area contributed by atoms with E-state index in [0.29, 0.717) is 38.9 Å². The molecule has 0 unspecified atom stereocenters. The molecule has 21 heavy (non-hydrogen) atoms. The zero-order chi connectivity index (χ0) is 15.7. The monoisotopic (exact) mass is 299 g/mol. The summed E-state index contributed by atoms with van der Waals surface area (Å²) in [7, 11) is 0. The van der Waals surface area contributed by atoms with Crippen molar-refractivity contribution in [3.63, 3.8) is 0 Å². The first-order valence-electron chi connectivity index (χ1n) is 8.03. The molecular formula is C15H29N3O3. The summed E-state index contributed by atoms with van der Waals surface area (Å²) in [4.78, 5) is 25.9. The number of aliphatic hydroxyl groups is 1. The highest BCUT2D eigenvalue weighted by atomic mass is 16.3. The summed E-state index contributed by atoms with van der Waals surface area (Å²) in [6.07, 6.45) is 4.70. The van der Waals surface area contributed by atoms with Gasteiger partial charge in [-0.15, -0.1) is 0 Å². The third-order valence-corrected chi connectivity index (χ3v) is 4.00. The van der Waals surface area contributed by atoms with Gasteiger partial charge in [-0.05, 0) is 25.7 Å². The molecule has 1 rings (SSSR count). The van der Waals surface area contributed by atoms with Crippen LogP contribution in [0, 0.1) is 5.92 Å². The fraction of sp³-hybridized carbons (Fsp3) is 0.867. The molecule has 0 aromatic heterocycles. The predicted octanol–water partition coefficient (Wildman–Crippen LogP) is 0.241. The van der Waals surface area contributed by atoms with Gasteiger partial charge in [0.15, 0.2) is 0 Å². The Labute approximate surface area is 127 Å².